The van der Waals surface area contributed by atoms with Gasteiger partial charge < -0.3 is 19.8 Å². The minimum atomic E-state index is 0.277. The fourth-order valence-corrected chi connectivity index (χ4v) is 2.20. The Hall–Kier alpha value is -1.44. The summed E-state index contributed by atoms with van der Waals surface area (Å²) in [6.45, 7) is 4.62. The molecule has 0 saturated carbocycles. The molecule has 1 unspecified atom stereocenters. The van der Waals surface area contributed by atoms with Crippen LogP contribution in [0.5, 0.6) is 0 Å². The Labute approximate surface area is 119 Å². The molecule has 7 heteroatoms. The summed E-state index contributed by atoms with van der Waals surface area (Å²) >= 11 is 0. The van der Waals surface area contributed by atoms with Gasteiger partial charge in [-0.25, -0.2) is 15.8 Å². The predicted octanol–water partition coefficient (Wildman–Crippen LogP) is 0.914. The van der Waals surface area contributed by atoms with Gasteiger partial charge in [-0.05, 0) is 19.8 Å². The van der Waals surface area contributed by atoms with Gasteiger partial charge in [0.05, 0.1) is 6.10 Å². The third-order valence-corrected chi connectivity index (χ3v) is 3.23. The van der Waals surface area contributed by atoms with Crippen molar-refractivity contribution < 1.29 is 9.47 Å². The maximum atomic E-state index is 5.65. The van der Waals surface area contributed by atoms with Gasteiger partial charge in [0, 0.05) is 32.9 Å². The number of hydrogen-bond acceptors (Lipinski definition) is 7. The van der Waals surface area contributed by atoms with Gasteiger partial charge in [0.25, 0.3) is 0 Å². The van der Waals surface area contributed by atoms with Gasteiger partial charge in [0.1, 0.15) is 18.2 Å². The molecule has 3 N–H and O–H groups in total. The summed E-state index contributed by atoms with van der Waals surface area (Å²) in [5, 5.41) is 0. The summed E-state index contributed by atoms with van der Waals surface area (Å²) in [6, 6.07) is 1.82. The van der Waals surface area contributed by atoms with E-state index in [4.69, 9.17) is 15.3 Å². The van der Waals surface area contributed by atoms with Crippen LogP contribution in [0.4, 0.5) is 11.6 Å². The lowest BCUT2D eigenvalue weighted by Gasteiger charge is -2.22. The van der Waals surface area contributed by atoms with Crippen molar-refractivity contribution in [2.45, 2.75) is 32.5 Å². The van der Waals surface area contributed by atoms with Crippen molar-refractivity contribution in [1.82, 2.24) is 9.97 Å². The number of ether oxygens (including phenoxy) is 2. The molecule has 1 aliphatic rings. The quantitative estimate of drug-likeness (QED) is 0.567. The van der Waals surface area contributed by atoms with Crippen molar-refractivity contribution in [2.24, 2.45) is 5.84 Å². The molecule has 20 heavy (non-hydrogen) atoms. The first kappa shape index (κ1) is 15.0. The van der Waals surface area contributed by atoms with E-state index in [1.807, 2.05) is 20.0 Å². The monoisotopic (exact) mass is 281 g/mol. The third-order valence-electron chi connectivity index (χ3n) is 3.23. The maximum Gasteiger partial charge on any atom is 0.158 e. The SMILES string of the molecule is CCOCc1nc(NN)cc(N(C)CC2CCCO2)n1. The fraction of sp³-hybridized carbons (Fsp3) is 0.692. The van der Waals surface area contributed by atoms with Crippen molar-refractivity contribution in [3.05, 3.63) is 11.9 Å². The average molecular weight is 281 g/mol. The molecule has 2 rings (SSSR count). The number of aromatic nitrogens is 2. The predicted molar refractivity (Wildman–Crippen MR) is 77.4 cm³/mol. The van der Waals surface area contributed by atoms with Crippen molar-refractivity contribution >= 4 is 11.6 Å². The number of rotatable bonds is 7. The maximum absolute atomic E-state index is 5.65. The Morgan fingerprint density at radius 1 is 1.55 bits per heavy atom. The highest BCUT2D eigenvalue weighted by atomic mass is 16.5. The number of nitrogens with two attached hydrogens (primary N) is 1. The highest BCUT2D eigenvalue weighted by molar-refractivity contribution is 5.48. The smallest absolute Gasteiger partial charge is 0.158 e. The van der Waals surface area contributed by atoms with Crippen LogP contribution in [-0.2, 0) is 16.1 Å². The summed E-state index contributed by atoms with van der Waals surface area (Å²) < 4.78 is 11.0. The minimum absolute atomic E-state index is 0.277. The molecule has 1 aromatic heterocycles. The second kappa shape index (κ2) is 7.37. The van der Waals surface area contributed by atoms with Crippen molar-refractivity contribution in [3.63, 3.8) is 0 Å². The van der Waals surface area contributed by atoms with E-state index in [2.05, 4.69) is 20.3 Å². The Bertz CT molecular complexity index is 423. The molecule has 2 heterocycles. The van der Waals surface area contributed by atoms with Crippen molar-refractivity contribution in [1.29, 1.82) is 0 Å². The van der Waals surface area contributed by atoms with Crippen LogP contribution < -0.4 is 16.2 Å². The zero-order valence-electron chi connectivity index (χ0n) is 12.1. The van der Waals surface area contributed by atoms with E-state index in [1.54, 1.807) is 0 Å². The summed E-state index contributed by atoms with van der Waals surface area (Å²) in [5.74, 6) is 7.48. The van der Waals surface area contributed by atoms with Gasteiger partial charge >= 0.3 is 0 Å². The molecule has 7 nitrogen and oxygen atoms in total. The Morgan fingerprint density at radius 2 is 2.40 bits per heavy atom. The van der Waals surface area contributed by atoms with E-state index in [-0.39, 0.29) is 6.10 Å². The Kier molecular flexibility index (Phi) is 5.51. The van der Waals surface area contributed by atoms with E-state index < -0.39 is 0 Å². The Morgan fingerprint density at radius 3 is 3.05 bits per heavy atom. The zero-order valence-corrected chi connectivity index (χ0v) is 12.1. The lowest BCUT2D eigenvalue weighted by atomic mass is 10.2. The normalized spacial score (nSPS) is 18.2. The Balaban J connectivity index is 2.07. The summed E-state index contributed by atoms with van der Waals surface area (Å²) in [4.78, 5) is 10.8. The summed E-state index contributed by atoms with van der Waals surface area (Å²) in [6.07, 6.45) is 2.51. The fourth-order valence-electron chi connectivity index (χ4n) is 2.20. The van der Waals surface area contributed by atoms with Crippen LogP contribution in [0.2, 0.25) is 0 Å². The van der Waals surface area contributed by atoms with Gasteiger partial charge in [-0.3, -0.25) is 0 Å². The summed E-state index contributed by atoms with van der Waals surface area (Å²) in [5.41, 5.74) is 2.57. The first-order valence-electron chi connectivity index (χ1n) is 6.98. The molecule has 1 atom stereocenters. The van der Waals surface area contributed by atoms with E-state index in [0.717, 1.165) is 31.8 Å². The van der Waals surface area contributed by atoms with E-state index >= 15 is 0 Å². The molecule has 1 fully saturated rings. The molecule has 1 aromatic rings. The van der Waals surface area contributed by atoms with Crippen LogP contribution >= 0.6 is 0 Å². The average Bonchev–Trinajstić information content (AvgIpc) is 2.97. The molecular formula is C13H23N5O2. The van der Waals surface area contributed by atoms with Crippen LogP contribution in [0.25, 0.3) is 0 Å². The van der Waals surface area contributed by atoms with Crippen LogP contribution in [0.1, 0.15) is 25.6 Å². The van der Waals surface area contributed by atoms with Gasteiger partial charge in [-0.2, -0.15) is 0 Å². The molecule has 112 valence electrons. The number of hydrazine groups is 1. The van der Waals surface area contributed by atoms with Crippen LogP contribution in [0, 0.1) is 0 Å². The topological polar surface area (TPSA) is 85.5 Å². The van der Waals surface area contributed by atoms with Crippen molar-refractivity contribution in [2.75, 3.05) is 37.1 Å². The molecule has 1 aliphatic heterocycles. The van der Waals surface area contributed by atoms with Crippen LogP contribution in [0.3, 0.4) is 0 Å². The number of nitrogen functional groups attached to an aromatic ring is 1. The largest absolute Gasteiger partial charge is 0.376 e. The number of anilines is 2. The van der Waals surface area contributed by atoms with E-state index in [9.17, 15) is 0 Å². The van der Waals surface area contributed by atoms with Gasteiger partial charge in [0.15, 0.2) is 5.82 Å². The second-order valence-corrected chi connectivity index (χ2v) is 4.82. The molecule has 1 saturated heterocycles. The van der Waals surface area contributed by atoms with E-state index in [1.165, 1.54) is 0 Å². The lowest BCUT2D eigenvalue weighted by molar-refractivity contribution is 0.116. The first-order chi connectivity index (χ1) is 9.72. The lowest BCUT2D eigenvalue weighted by Crippen LogP contribution is -2.29. The number of nitrogens with one attached hydrogen (secondary N) is 1. The number of hydrogen-bond donors (Lipinski definition) is 2. The van der Waals surface area contributed by atoms with Gasteiger partial charge in [-0.15, -0.1) is 0 Å². The number of nitrogens with zero attached hydrogens (tertiary/aromatic N) is 3. The minimum Gasteiger partial charge on any atom is -0.376 e. The van der Waals surface area contributed by atoms with Gasteiger partial charge in [-0.1, -0.05) is 0 Å². The summed E-state index contributed by atoms with van der Waals surface area (Å²) in [7, 11) is 1.99. The van der Waals surface area contributed by atoms with Gasteiger partial charge in [0.2, 0.25) is 0 Å². The second-order valence-electron chi connectivity index (χ2n) is 4.82. The third kappa shape index (κ3) is 4.03. The zero-order chi connectivity index (χ0) is 14.4. The molecule has 0 spiro atoms. The molecule has 0 radical (unpaired) electrons. The molecular weight excluding hydrogens is 258 g/mol. The molecule has 0 amide bonds. The number of likely N-dealkylation sites (N-methyl/N-ethyl adjacent to an activating group) is 1. The highest BCUT2D eigenvalue weighted by Gasteiger charge is 2.18. The highest BCUT2D eigenvalue weighted by Crippen LogP contribution is 2.18. The van der Waals surface area contributed by atoms with Crippen molar-refractivity contribution in [3.8, 4) is 0 Å². The standard InChI is InChI=1S/C13H23N5O2/c1-3-19-9-12-15-11(17-14)7-13(16-12)18(2)8-10-5-4-6-20-10/h7,10H,3-6,8-9,14H2,1-2H3,(H,15,16,17). The van der Waals surface area contributed by atoms with Crippen LogP contribution in [-0.4, -0.2) is 42.9 Å². The molecule has 0 aliphatic carbocycles. The molecule has 0 bridgehead atoms. The first-order valence-corrected chi connectivity index (χ1v) is 6.98. The van der Waals surface area contributed by atoms with E-state index in [0.29, 0.717) is 24.9 Å². The van der Waals surface area contributed by atoms with Crippen LogP contribution in [0.15, 0.2) is 6.07 Å². The molecule has 0 aromatic carbocycles.